The number of methoxy groups -OCH3 is 3. The molecule has 0 spiro atoms. The Morgan fingerprint density at radius 3 is 2.09 bits per heavy atom. The van der Waals surface area contributed by atoms with Crippen molar-refractivity contribution in [3.8, 4) is 5.75 Å². The summed E-state index contributed by atoms with van der Waals surface area (Å²) in [5.41, 5.74) is 2.10. The van der Waals surface area contributed by atoms with E-state index in [4.69, 9.17) is 14.2 Å². The van der Waals surface area contributed by atoms with Gasteiger partial charge in [0.15, 0.2) is 0 Å². The fourth-order valence-electron chi connectivity index (χ4n) is 3.62. The molecular weight excluding hydrogens is 415 g/mol. The van der Waals surface area contributed by atoms with Crippen LogP contribution in [0.25, 0.3) is 5.57 Å². The minimum absolute atomic E-state index is 0.200. The molecule has 0 unspecified atom stereocenters. The van der Waals surface area contributed by atoms with Crippen molar-refractivity contribution in [1.82, 2.24) is 4.90 Å². The summed E-state index contributed by atoms with van der Waals surface area (Å²) in [6.07, 6.45) is 0. The number of hydrogen-bond donors (Lipinski definition) is 0. The number of aryl methyl sites for hydroxylation is 1. The number of carbonyl (C=O) groups excluding carboxylic acids is 2. The SMILES string of the molecule is COCCN(CCOC)C1=C(c2ccc(F)cc2)C(=O)N(c2cc(C)ccc2OC)C1=O. The van der Waals surface area contributed by atoms with E-state index in [1.165, 1.54) is 31.4 Å². The summed E-state index contributed by atoms with van der Waals surface area (Å²) < 4.78 is 29.4. The third-order valence-electron chi connectivity index (χ3n) is 5.21. The van der Waals surface area contributed by atoms with Crippen molar-refractivity contribution in [2.45, 2.75) is 6.92 Å². The molecule has 1 aliphatic rings. The summed E-state index contributed by atoms with van der Waals surface area (Å²) in [5.74, 6) is -1.01. The maximum atomic E-state index is 13.7. The van der Waals surface area contributed by atoms with Crippen LogP contribution in [0.15, 0.2) is 48.2 Å². The van der Waals surface area contributed by atoms with Crippen LogP contribution in [0.2, 0.25) is 0 Å². The van der Waals surface area contributed by atoms with Crippen molar-refractivity contribution in [2.75, 3.05) is 52.5 Å². The Kier molecular flexibility index (Phi) is 7.61. The van der Waals surface area contributed by atoms with Gasteiger partial charge < -0.3 is 19.1 Å². The summed E-state index contributed by atoms with van der Waals surface area (Å²) in [4.78, 5) is 30.3. The number of imide groups is 1. The van der Waals surface area contributed by atoms with Crippen molar-refractivity contribution < 1.29 is 28.2 Å². The van der Waals surface area contributed by atoms with Gasteiger partial charge in [0.25, 0.3) is 11.8 Å². The van der Waals surface area contributed by atoms with Crippen LogP contribution in [0.5, 0.6) is 5.75 Å². The average molecular weight is 442 g/mol. The molecule has 0 aliphatic carbocycles. The molecule has 0 radical (unpaired) electrons. The Morgan fingerprint density at radius 2 is 1.53 bits per heavy atom. The van der Waals surface area contributed by atoms with Crippen LogP contribution < -0.4 is 9.64 Å². The normalized spacial score (nSPS) is 13.8. The molecule has 2 aromatic rings. The Morgan fingerprint density at radius 1 is 0.906 bits per heavy atom. The van der Waals surface area contributed by atoms with Gasteiger partial charge in [0, 0.05) is 27.3 Å². The predicted octanol–water partition coefficient (Wildman–Crippen LogP) is 3.02. The molecule has 1 heterocycles. The standard InChI is InChI=1S/C24H27FN2O5/c1-16-5-10-20(32-4)19(15-16)27-23(28)21(17-6-8-18(25)9-7-17)22(24(27)29)26(11-13-30-2)12-14-31-3/h5-10,15H,11-14H2,1-4H3. The third-order valence-corrected chi connectivity index (χ3v) is 5.21. The molecule has 8 heteroatoms. The van der Waals surface area contributed by atoms with Crippen LogP contribution >= 0.6 is 0 Å². The van der Waals surface area contributed by atoms with E-state index < -0.39 is 17.6 Å². The molecule has 0 atom stereocenters. The van der Waals surface area contributed by atoms with Gasteiger partial charge in [-0.25, -0.2) is 9.29 Å². The third kappa shape index (κ3) is 4.66. The number of halogens is 1. The second-order valence-corrected chi connectivity index (χ2v) is 7.32. The zero-order valence-electron chi connectivity index (χ0n) is 18.7. The van der Waals surface area contributed by atoms with Crippen LogP contribution in [-0.2, 0) is 19.1 Å². The zero-order chi connectivity index (χ0) is 23.3. The van der Waals surface area contributed by atoms with E-state index in [9.17, 15) is 14.0 Å². The molecule has 0 aromatic heterocycles. The van der Waals surface area contributed by atoms with Gasteiger partial charge in [-0.1, -0.05) is 18.2 Å². The highest BCUT2D eigenvalue weighted by Crippen LogP contribution is 2.39. The van der Waals surface area contributed by atoms with Gasteiger partial charge in [-0.2, -0.15) is 0 Å². The lowest BCUT2D eigenvalue weighted by Crippen LogP contribution is -2.37. The maximum absolute atomic E-state index is 13.7. The van der Waals surface area contributed by atoms with Gasteiger partial charge >= 0.3 is 0 Å². The number of ether oxygens (including phenoxy) is 3. The van der Waals surface area contributed by atoms with Crippen molar-refractivity contribution in [1.29, 1.82) is 0 Å². The number of benzene rings is 2. The Hall–Kier alpha value is -3.23. The van der Waals surface area contributed by atoms with Crippen LogP contribution in [0.4, 0.5) is 10.1 Å². The van der Waals surface area contributed by atoms with E-state index in [1.807, 2.05) is 13.0 Å². The van der Waals surface area contributed by atoms with Crippen molar-refractivity contribution >= 4 is 23.1 Å². The first-order valence-electron chi connectivity index (χ1n) is 10.2. The van der Waals surface area contributed by atoms with Gasteiger partial charge in [0.05, 0.1) is 31.6 Å². The molecule has 7 nitrogen and oxygen atoms in total. The molecule has 0 N–H and O–H groups in total. The van der Waals surface area contributed by atoms with E-state index in [0.29, 0.717) is 43.3 Å². The molecule has 170 valence electrons. The van der Waals surface area contributed by atoms with E-state index in [-0.39, 0.29) is 11.3 Å². The summed E-state index contributed by atoms with van der Waals surface area (Å²) >= 11 is 0. The number of rotatable bonds is 10. The van der Waals surface area contributed by atoms with Crippen molar-refractivity contribution in [2.24, 2.45) is 0 Å². The number of hydrogen-bond acceptors (Lipinski definition) is 6. The molecule has 3 rings (SSSR count). The zero-order valence-corrected chi connectivity index (χ0v) is 18.7. The summed E-state index contributed by atoms with van der Waals surface area (Å²) in [6.45, 7) is 3.31. The predicted molar refractivity (Wildman–Crippen MR) is 119 cm³/mol. The maximum Gasteiger partial charge on any atom is 0.282 e. The van der Waals surface area contributed by atoms with Crippen LogP contribution in [0.3, 0.4) is 0 Å². The van der Waals surface area contributed by atoms with Crippen molar-refractivity contribution in [3.05, 3.63) is 65.1 Å². The first-order valence-corrected chi connectivity index (χ1v) is 10.2. The average Bonchev–Trinajstić information content (AvgIpc) is 3.04. The quantitative estimate of drug-likeness (QED) is 0.527. The summed E-state index contributed by atoms with van der Waals surface area (Å²) in [5, 5.41) is 0. The summed E-state index contributed by atoms with van der Waals surface area (Å²) in [7, 11) is 4.61. The monoisotopic (exact) mass is 442 g/mol. The molecule has 32 heavy (non-hydrogen) atoms. The molecule has 2 aromatic carbocycles. The Labute approximate surface area is 187 Å². The molecule has 0 bridgehead atoms. The van der Waals surface area contributed by atoms with Gasteiger partial charge in [0.1, 0.15) is 17.3 Å². The van der Waals surface area contributed by atoms with Crippen molar-refractivity contribution in [3.63, 3.8) is 0 Å². The second kappa shape index (κ2) is 10.4. The highest BCUT2D eigenvalue weighted by molar-refractivity contribution is 6.45. The highest BCUT2D eigenvalue weighted by atomic mass is 19.1. The van der Waals surface area contributed by atoms with E-state index in [1.54, 1.807) is 31.3 Å². The number of anilines is 1. The Bertz CT molecular complexity index is 1010. The first kappa shape index (κ1) is 23.4. The van der Waals surface area contributed by atoms with Crippen LogP contribution in [-0.4, -0.2) is 64.3 Å². The van der Waals surface area contributed by atoms with Crippen LogP contribution in [0.1, 0.15) is 11.1 Å². The fourth-order valence-corrected chi connectivity index (χ4v) is 3.62. The lowest BCUT2D eigenvalue weighted by Gasteiger charge is -2.26. The minimum atomic E-state index is -0.500. The van der Waals surface area contributed by atoms with E-state index >= 15 is 0 Å². The van der Waals surface area contributed by atoms with Gasteiger partial charge in [-0.05, 0) is 42.3 Å². The summed E-state index contributed by atoms with van der Waals surface area (Å²) in [6, 6.07) is 10.8. The smallest absolute Gasteiger partial charge is 0.282 e. The van der Waals surface area contributed by atoms with Gasteiger partial charge in [-0.15, -0.1) is 0 Å². The number of nitrogens with zero attached hydrogens (tertiary/aromatic N) is 2. The first-order chi connectivity index (χ1) is 15.4. The number of carbonyl (C=O) groups is 2. The van der Waals surface area contributed by atoms with Crippen LogP contribution in [0, 0.1) is 12.7 Å². The Balaban J connectivity index is 2.17. The van der Waals surface area contributed by atoms with Gasteiger partial charge in [-0.3, -0.25) is 9.59 Å². The molecule has 2 amide bonds. The second-order valence-electron chi connectivity index (χ2n) is 7.32. The molecule has 0 saturated carbocycles. The van der Waals surface area contributed by atoms with Gasteiger partial charge in [0.2, 0.25) is 0 Å². The molecule has 0 fully saturated rings. The lowest BCUT2D eigenvalue weighted by molar-refractivity contribution is -0.120. The molecule has 0 saturated heterocycles. The molecular formula is C24H27FN2O5. The number of amides is 2. The highest BCUT2D eigenvalue weighted by Gasteiger charge is 2.43. The van der Waals surface area contributed by atoms with E-state index in [2.05, 4.69) is 0 Å². The lowest BCUT2D eigenvalue weighted by atomic mass is 10.0. The largest absolute Gasteiger partial charge is 0.495 e. The minimum Gasteiger partial charge on any atom is -0.495 e. The molecule has 1 aliphatic heterocycles. The topological polar surface area (TPSA) is 68.3 Å². The fraction of sp³-hybridized carbons (Fsp3) is 0.333. The van der Waals surface area contributed by atoms with E-state index in [0.717, 1.165) is 10.5 Å².